The predicted molar refractivity (Wildman–Crippen MR) is 187 cm³/mol. The first kappa shape index (κ1) is 37.7. The smallest absolute Gasteiger partial charge is 0.289 e. The number of nitrogens with one attached hydrogen (secondary N) is 3. The van der Waals surface area contributed by atoms with Crippen molar-refractivity contribution in [3.63, 3.8) is 0 Å². The molecule has 4 aliphatic rings. The Hall–Kier alpha value is -3.54. The van der Waals surface area contributed by atoms with Crippen LogP contribution in [0.2, 0.25) is 5.02 Å². The fourth-order valence-corrected chi connectivity index (χ4v) is 7.47. The second-order valence-electron chi connectivity index (χ2n) is 15.7. The summed E-state index contributed by atoms with van der Waals surface area (Å²) < 4.78 is 13.9. The highest BCUT2D eigenvalue weighted by Crippen LogP contribution is 2.40. The van der Waals surface area contributed by atoms with Gasteiger partial charge in [-0.2, -0.15) is 0 Å². The Morgan fingerprint density at radius 2 is 1.76 bits per heavy atom. The van der Waals surface area contributed by atoms with Gasteiger partial charge in [0.25, 0.3) is 5.91 Å². The van der Waals surface area contributed by atoms with Crippen LogP contribution in [-0.4, -0.2) is 76.3 Å². The summed E-state index contributed by atoms with van der Waals surface area (Å²) in [7, 11) is 0. The average Bonchev–Trinajstić information content (AvgIpc) is 3.74. The number of carbonyl (C=O) groups is 5. The summed E-state index contributed by atoms with van der Waals surface area (Å²) in [6, 6.07) is 1.09. The number of nitrogens with zero attached hydrogens (tertiary/aromatic N) is 2. The number of hydrogen-bond acceptors (Lipinski definition) is 7. The summed E-state index contributed by atoms with van der Waals surface area (Å²) in [6.45, 7) is 7.42. The lowest BCUT2D eigenvalue weighted by Crippen LogP contribution is -2.59. The van der Waals surface area contributed by atoms with Crippen LogP contribution in [0, 0.1) is 17.2 Å². The highest BCUT2D eigenvalue weighted by Gasteiger charge is 2.55. The zero-order chi connectivity index (χ0) is 36.2. The summed E-state index contributed by atoms with van der Waals surface area (Å²) in [5.74, 6) is -3.03. The van der Waals surface area contributed by atoms with Crippen molar-refractivity contribution in [3.05, 3.63) is 34.6 Å². The van der Waals surface area contributed by atoms with Crippen molar-refractivity contribution < 1.29 is 33.2 Å². The van der Waals surface area contributed by atoms with Gasteiger partial charge in [0.05, 0.1) is 23.3 Å². The highest BCUT2D eigenvalue weighted by molar-refractivity contribution is 6.38. The lowest BCUT2D eigenvalue weighted by atomic mass is 9.85. The molecule has 4 amide bonds. The molecule has 1 aromatic carbocycles. The van der Waals surface area contributed by atoms with Gasteiger partial charge in [-0.05, 0) is 55.6 Å². The summed E-state index contributed by atoms with van der Waals surface area (Å²) in [5, 5.41) is 12.7. The van der Waals surface area contributed by atoms with E-state index in [1.807, 2.05) is 27.7 Å². The van der Waals surface area contributed by atoms with Crippen LogP contribution in [0.4, 0.5) is 4.39 Å². The molecular weight excluding hydrogens is 665 g/mol. The third-order valence-corrected chi connectivity index (χ3v) is 10.6. The van der Waals surface area contributed by atoms with E-state index in [1.54, 1.807) is 0 Å². The maximum Gasteiger partial charge on any atom is 0.289 e. The largest absolute Gasteiger partial charge is 0.387 e. The summed E-state index contributed by atoms with van der Waals surface area (Å²) >= 11 is 6.05. The van der Waals surface area contributed by atoms with E-state index >= 15 is 0 Å². The quantitative estimate of drug-likeness (QED) is 0.206. The zero-order valence-electron chi connectivity index (χ0n) is 29.6. The Labute approximate surface area is 298 Å². The number of amides is 4. The van der Waals surface area contributed by atoms with Crippen molar-refractivity contribution in [3.8, 4) is 0 Å². The van der Waals surface area contributed by atoms with E-state index in [2.05, 4.69) is 21.1 Å². The van der Waals surface area contributed by atoms with Crippen LogP contribution < -0.4 is 16.0 Å². The van der Waals surface area contributed by atoms with Crippen molar-refractivity contribution in [1.29, 1.82) is 0 Å². The van der Waals surface area contributed by atoms with Crippen molar-refractivity contribution in [1.82, 2.24) is 20.9 Å². The summed E-state index contributed by atoms with van der Waals surface area (Å²) in [5.41, 5.74) is -0.778. The normalized spacial score (nSPS) is 23.8. The van der Waals surface area contributed by atoms with Crippen LogP contribution in [0.15, 0.2) is 23.4 Å². The van der Waals surface area contributed by atoms with Crippen molar-refractivity contribution >= 4 is 46.7 Å². The van der Waals surface area contributed by atoms with Crippen LogP contribution in [-0.2, 0) is 28.8 Å². The minimum absolute atomic E-state index is 0.0223. The first-order chi connectivity index (χ1) is 23.7. The molecule has 4 atom stereocenters. The molecule has 0 unspecified atom stereocenters. The molecule has 0 bridgehead atoms. The number of carbonyl (C=O) groups excluding carboxylic acids is 5. The van der Waals surface area contributed by atoms with E-state index in [0.29, 0.717) is 24.1 Å². The van der Waals surface area contributed by atoms with Crippen molar-refractivity contribution in [2.24, 2.45) is 16.5 Å². The van der Waals surface area contributed by atoms with Crippen molar-refractivity contribution in [2.45, 2.75) is 141 Å². The van der Waals surface area contributed by atoms with Gasteiger partial charge in [0.2, 0.25) is 23.5 Å². The standard InChI is InChI=1S/C37H51ClFN5O6/c1-5-10-27(31(46)34(48)40-24-14-15-24)41-33(47)29-20-37(19-28(43-50-37)23-13-16-26(39)25(38)18-23)21-44(29)35(49)32(36(2,3)4)42-30(45)17-22-11-8-6-7-9-12-22/h13,16,18,22,24,27,29,32H,5-12,14-15,17,19-21H2,1-4H3,(H,40,48)(H,41,47)(H,42,45)/t27-,29-,32+,37+/m0/s1. The summed E-state index contributed by atoms with van der Waals surface area (Å²) in [6.07, 6.45) is 9.44. The molecule has 1 saturated heterocycles. The molecule has 2 aliphatic carbocycles. The second kappa shape index (κ2) is 15.8. The van der Waals surface area contributed by atoms with Gasteiger partial charge in [-0.1, -0.05) is 82.6 Å². The molecule has 274 valence electrons. The number of halogens is 2. The van der Waals surface area contributed by atoms with E-state index in [1.165, 1.54) is 35.9 Å². The van der Waals surface area contributed by atoms with Gasteiger partial charge in [0.1, 0.15) is 17.9 Å². The number of oxime groups is 1. The molecule has 11 nitrogen and oxygen atoms in total. The monoisotopic (exact) mass is 715 g/mol. The lowest BCUT2D eigenvalue weighted by Gasteiger charge is -2.36. The minimum atomic E-state index is -1.10. The molecule has 1 spiro atoms. The fraction of sp³-hybridized carbons (Fsp3) is 0.676. The summed E-state index contributed by atoms with van der Waals surface area (Å²) in [4.78, 5) is 75.5. The molecule has 0 aromatic heterocycles. The SMILES string of the molecule is CCC[C@H](NC(=O)[C@@H]1C[C@]2(CC(c3ccc(F)c(Cl)c3)=NO2)CN1C(=O)[C@@H](NC(=O)CC1CCCCCC1)C(C)(C)C)C(=O)C(=O)NC1CC1. The van der Waals surface area contributed by atoms with Gasteiger partial charge in [-0.15, -0.1) is 0 Å². The maximum absolute atomic E-state index is 14.6. The maximum atomic E-state index is 14.6. The van der Waals surface area contributed by atoms with Gasteiger partial charge in [0, 0.05) is 30.9 Å². The third kappa shape index (κ3) is 9.22. The van der Waals surface area contributed by atoms with Crippen LogP contribution >= 0.6 is 11.6 Å². The van der Waals surface area contributed by atoms with Gasteiger partial charge >= 0.3 is 0 Å². The molecule has 13 heteroatoms. The Bertz CT molecular complexity index is 1500. The van der Waals surface area contributed by atoms with Crippen LogP contribution in [0.3, 0.4) is 0 Å². The number of benzene rings is 1. The number of hydrogen-bond donors (Lipinski definition) is 3. The minimum Gasteiger partial charge on any atom is -0.387 e. The fourth-order valence-electron chi connectivity index (χ4n) is 7.29. The molecule has 2 aliphatic heterocycles. The molecule has 3 N–H and O–H groups in total. The van der Waals surface area contributed by atoms with Gasteiger partial charge in [0.15, 0.2) is 5.60 Å². The van der Waals surface area contributed by atoms with E-state index in [9.17, 15) is 28.4 Å². The first-order valence-corrected chi connectivity index (χ1v) is 18.5. The Morgan fingerprint density at radius 3 is 2.38 bits per heavy atom. The predicted octanol–water partition coefficient (Wildman–Crippen LogP) is 4.97. The zero-order valence-corrected chi connectivity index (χ0v) is 30.4. The first-order valence-electron chi connectivity index (χ1n) is 18.1. The van der Waals surface area contributed by atoms with Crippen LogP contribution in [0.25, 0.3) is 0 Å². The molecule has 5 rings (SSSR count). The van der Waals surface area contributed by atoms with E-state index < -0.39 is 58.5 Å². The third-order valence-electron chi connectivity index (χ3n) is 10.3. The van der Waals surface area contributed by atoms with Crippen molar-refractivity contribution in [2.75, 3.05) is 6.54 Å². The molecule has 0 radical (unpaired) electrons. The number of likely N-dealkylation sites (tertiary alicyclic amines) is 1. The molecular formula is C37H51ClFN5O6. The Balaban J connectivity index is 1.38. The van der Waals surface area contributed by atoms with E-state index in [-0.39, 0.29) is 48.7 Å². The molecule has 2 heterocycles. The van der Waals surface area contributed by atoms with E-state index in [4.69, 9.17) is 16.4 Å². The molecule has 2 saturated carbocycles. The number of ketones is 1. The van der Waals surface area contributed by atoms with Crippen LogP contribution in [0.5, 0.6) is 0 Å². The molecule has 50 heavy (non-hydrogen) atoms. The Morgan fingerprint density at radius 1 is 1.06 bits per heavy atom. The topological polar surface area (TPSA) is 146 Å². The Kier molecular flexibility index (Phi) is 11.9. The highest BCUT2D eigenvalue weighted by atomic mass is 35.5. The van der Waals surface area contributed by atoms with E-state index in [0.717, 1.165) is 38.5 Å². The lowest BCUT2D eigenvalue weighted by molar-refractivity contribution is -0.145. The number of rotatable bonds is 12. The second-order valence-corrected chi connectivity index (χ2v) is 16.1. The van der Waals surface area contributed by atoms with Gasteiger partial charge in [-0.25, -0.2) is 4.39 Å². The average molecular weight is 716 g/mol. The molecule has 1 aromatic rings. The molecule has 3 fully saturated rings. The number of Topliss-reactive ketones (excluding diaryl/α,β-unsaturated/α-hetero) is 1. The van der Waals surface area contributed by atoms with Gasteiger partial charge < -0.3 is 25.7 Å². The van der Waals surface area contributed by atoms with Gasteiger partial charge in [-0.3, -0.25) is 24.0 Å². The van der Waals surface area contributed by atoms with Crippen LogP contribution in [0.1, 0.15) is 117 Å².